The second-order valence-electron chi connectivity index (χ2n) is 4.25. The molecule has 0 aromatic carbocycles. The highest BCUT2D eigenvalue weighted by Crippen LogP contribution is 2.43. The number of nitrogens with one attached hydrogen (secondary N) is 1. The zero-order valence-corrected chi connectivity index (χ0v) is 10.3. The van der Waals surface area contributed by atoms with Crippen LogP contribution in [0.2, 0.25) is 0 Å². The van der Waals surface area contributed by atoms with E-state index in [1.54, 1.807) is 0 Å². The van der Waals surface area contributed by atoms with Gasteiger partial charge in [0.2, 0.25) is 0 Å². The van der Waals surface area contributed by atoms with Gasteiger partial charge in [-0.15, -0.1) is 0 Å². The van der Waals surface area contributed by atoms with E-state index in [2.05, 4.69) is 10.1 Å². The largest absolute Gasteiger partial charge is 0.463 e. The standard InChI is InChI=1S/C11H18F3NO3/c1-2-5-17-6-7-18-9(16)10(11(12,13)14)3-4-15-8-10/h15H,2-8H2,1H3. The van der Waals surface area contributed by atoms with Gasteiger partial charge in [0.15, 0.2) is 5.41 Å². The molecule has 106 valence electrons. The lowest BCUT2D eigenvalue weighted by Gasteiger charge is -2.28. The smallest absolute Gasteiger partial charge is 0.406 e. The van der Waals surface area contributed by atoms with Crippen molar-refractivity contribution < 1.29 is 27.4 Å². The molecule has 0 bridgehead atoms. The van der Waals surface area contributed by atoms with Gasteiger partial charge >= 0.3 is 12.1 Å². The summed E-state index contributed by atoms with van der Waals surface area (Å²) in [5, 5.41) is 2.56. The molecule has 1 saturated heterocycles. The van der Waals surface area contributed by atoms with Crippen LogP contribution in [0.5, 0.6) is 0 Å². The average molecular weight is 269 g/mol. The lowest BCUT2D eigenvalue weighted by atomic mass is 9.86. The van der Waals surface area contributed by atoms with Crippen LogP contribution in [0.4, 0.5) is 13.2 Å². The molecule has 1 rings (SSSR count). The van der Waals surface area contributed by atoms with Crippen molar-refractivity contribution in [3.8, 4) is 0 Å². The molecule has 1 aliphatic heterocycles. The molecule has 0 aromatic rings. The number of alkyl halides is 3. The lowest BCUT2D eigenvalue weighted by molar-refractivity contribution is -0.229. The van der Waals surface area contributed by atoms with E-state index in [0.717, 1.165) is 6.42 Å². The molecule has 1 fully saturated rings. The molecule has 0 saturated carbocycles. The molecule has 1 unspecified atom stereocenters. The van der Waals surface area contributed by atoms with Crippen LogP contribution in [-0.4, -0.2) is 45.1 Å². The molecule has 18 heavy (non-hydrogen) atoms. The topological polar surface area (TPSA) is 47.6 Å². The quantitative estimate of drug-likeness (QED) is 0.586. The van der Waals surface area contributed by atoms with Gasteiger partial charge in [0, 0.05) is 13.2 Å². The summed E-state index contributed by atoms with van der Waals surface area (Å²) in [7, 11) is 0. The number of halogens is 3. The van der Waals surface area contributed by atoms with Crippen molar-refractivity contribution in [1.29, 1.82) is 0 Å². The van der Waals surface area contributed by atoms with E-state index < -0.39 is 24.1 Å². The molecule has 1 heterocycles. The minimum atomic E-state index is -4.59. The molecule has 0 aliphatic carbocycles. The summed E-state index contributed by atoms with van der Waals surface area (Å²) in [5.41, 5.74) is -2.39. The number of rotatable bonds is 6. The third-order valence-corrected chi connectivity index (χ3v) is 2.90. The summed E-state index contributed by atoms with van der Waals surface area (Å²) >= 11 is 0. The number of carbonyl (C=O) groups is 1. The van der Waals surface area contributed by atoms with Gasteiger partial charge in [0.1, 0.15) is 6.61 Å². The fourth-order valence-corrected chi connectivity index (χ4v) is 1.80. The second kappa shape index (κ2) is 6.38. The molecule has 1 aliphatic rings. The molecular formula is C11H18F3NO3. The Morgan fingerprint density at radius 2 is 2.06 bits per heavy atom. The summed E-state index contributed by atoms with van der Waals surface area (Å²) in [5.74, 6) is -1.21. The van der Waals surface area contributed by atoms with E-state index in [0.29, 0.717) is 6.61 Å². The summed E-state index contributed by atoms with van der Waals surface area (Å²) in [6, 6.07) is 0. The minimum Gasteiger partial charge on any atom is -0.463 e. The van der Waals surface area contributed by atoms with Crippen LogP contribution in [0.1, 0.15) is 19.8 Å². The zero-order valence-electron chi connectivity index (χ0n) is 10.3. The minimum absolute atomic E-state index is 0.126. The van der Waals surface area contributed by atoms with Gasteiger partial charge in [-0.2, -0.15) is 13.2 Å². The van der Waals surface area contributed by atoms with Crippen molar-refractivity contribution >= 4 is 5.97 Å². The SMILES string of the molecule is CCCOCCOC(=O)C1(C(F)(F)F)CCNC1. The van der Waals surface area contributed by atoms with Gasteiger partial charge in [-0.05, 0) is 19.4 Å². The summed E-state index contributed by atoms with van der Waals surface area (Å²) < 4.78 is 48.5. The van der Waals surface area contributed by atoms with E-state index >= 15 is 0 Å². The van der Waals surface area contributed by atoms with E-state index in [4.69, 9.17) is 4.74 Å². The first-order valence-electron chi connectivity index (χ1n) is 5.96. The van der Waals surface area contributed by atoms with E-state index in [9.17, 15) is 18.0 Å². The maximum absolute atomic E-state index is 12.9. The predicted molar refractivity (Wildman–Crippen MR) is 58.0 cm³/mol. The number of hydrogen-bond acceptors (Lipinski definition) is 4. The second-order valence-corrected chi connectivity index (χ2v) is 4.25. The Bertz CT molecular complexity index is 275. The Hall–Kier alpha value is -0.820. The Morgan fingerprint density at radius 3 is 2.56 bits per heavy atom. The van der Waals surface area contributed by atoms with Crippen molar-refractivity contribution in [3.05, 3.63) is 0 Å². The van der Waals surface area contributed by atoms with Crippen LogP contribution in [0, 0.1) is 5.41 Å². The first kappa shape index (κ1) is 15.2. The highest BCUT2D eigenvalue weighted by atomic mass is 19.4. The third-order valence-electron chi connectivity index (χ3n) is 2.90. The number of esters is 1. The van der Waals surface area contributed by atoms with E-state index in [1.165, 1.54) is 0 Å². The van der Waals surface area contributed by atoms with Gasteiger partial charge in [0.25, 0.3) is 0 Å². The van der Waals surface area contributed by atoms with Crippen LogP contribution in [-0.2, 0) is 14.3 Å². The molecule has 0 amide bonds. The molecule has 0 spiro atoms. The van der Waals surface area contributed by atoms with Gasteiger partial charge in [0.05, 0.1) is 6.61 Å². The summed E-state index contributed by atoms with van der Waals surface area (Å²) in [6.45, 7) is 2.15. The van der Waals surface area contributed by atoms with Crippen molar-refractivity contribution in [2.24, 2.45) is 5.41 Å². The first-order valence-corrected chi connectivity index (χ1v) is 5.96. The first-order chi connectivity index (χ1) is 8.44. The molecule has 0 radical (unpaired) electrons. The van der Waals surface area contributed by atoms with Crippen molar-refractivity contribution in [1.82, 2.24) is 5.32 Å². The Labute approximate surface area is 104 Å². The maximum atomic E-state index is 12.9. The van der Waals surface area contributed by atoms with Gasteiger partial charge in [-0.1, -0.05) is 6.92 Å². The fourth-order valence-electron chi connectivity index (χ4n) is 1.80. The molecule has 0 aromatic heterocycles. The maximum Gasteiger partial charge on any atom is 0.406 e. The van der Waals surface area contributed by atoms with Crippen molar-refractivity contribution in [2.75, 3.05) is 32.9 Å². The van der Waals surface area contributed by atoms with Gasteiger partial charge < -0.3 is 14.8 Å². The molecule has 1 atom stereocenters. The van der Waals surface area contributed by atoms with Gasteiger partial charge in [-0.3, -0.25) is 4.79 Å². The predicted octanol–water partition coefficient (Wildman–Crippen LogP) is 1.50. The van der Waals surface area contributed by atoms with Crippen molar-refractivity contribution in [3.63, 3.8) is 0 Å². The van der Waals surface area contributed by atoms with Crippen LogP contribution < -0.4 is 5.32 Å². The van der Waals surface area contributed by atoms with E-state index in [1.807, 2.05) is 6.92 Å². The Balaban J connectivity index is 2.47. The number of ether oxygens (including phenoxy) is 2. The fraction of sp³-hybridized carbons (Fsp3) is 0.909. The van der Waals surface area contributed by atoms with Crippen LogP contribution in [0.3, 0.4) is 0 Å². The van der Waals surface area contributed by atoms with Crippen LogP contribution in [0.25, 0.3) is 0 Å². The lowest BCUT2D eigenvalue weighted by Crippen LogP contribution is -2.48. The van der Waals surface area contributed by atoms with Gasteiger partial charge in [-0.25, -0.2) is 0 Å². The Kier molecular flexibility index (Phi) is 5.40. The normalized spacial score (nSPS) is 24.2. The number of carbonyl (C=O) groups excluding carboxylic acids is 1. The molecule has 4 nitrogen and oxygen atoms in total. The summed E-state index contributed by atoms with van der Waals surface area (Å²) in [6.07, 6.45) is -4.05. The highest BCUT2D eigenvalue weighted by Gasteiger charge is 2.62. The summed E-state index contributed by atoms with van der Waals surface area (Å²) in [4.78, 5) is 11.6. The third kappa shape index (κ3) is 3.35. The molecule has 7 heteroatoms. The molecular weight excluding hydrogens is 251 g/mol. The van der Waals surface area contributed by atoms with Crippen LogP contribution >= 0.6 is 0 Å². The van der Waals surface area contributed by atoms with Crippen LogP contribution in [0.15, 0.2) is 0 Å². The molecule has 1 N–H and O–H groups in total. The highest BCUT2D eigenvalue weighted by molar-refractivity contribution is 5.78. The average Bonchev–Trinajstić information content (AvgIpc) is 2.78. The number of hydrogen-bond donors (Lipinski definition) is 1. The van der Waals surface area contributed by atoms with E-state index in [-0.39, 0.29) is 26.2 Å². The monoisotopic (exact) mass is 269 g/mol. The van der Waals surface area contributed by atoms with Crippen molar-refractivity contribution in [2.45, 2.75) is 25.9 Å². The zero-order chi connectivity index (χ0) is 13.6. The Morgan fingerprint density at radius 1 is 1.33 bits per heavy atom.